The van der Waals surface area contributed by atoms with Gasteiger partial charge in [-0.3, -0.25) is 9.59 Å². The molecule has 0 bridgehead atoms. The minimum atomic E-state index is -0.869. The maximum absolute atomic E-state index is 12.8. The number of methoxy groups -OCH3 is 2. The highest BCUT2D eigenvalue weighted by molar-refractivity contribution is 7.12. The third kappa shape index (κ3) is 6.95. The fourth-order valence-corrected chi connectivity index (χ4v) is 3.39. The number of benzene rings is 1. The summed E-state index contributed by atoms with van der Waals surface area (Å²) >= 11 is 1.23. The van der Waals surface area contributed by atoms with E-state index in [2.05, 4.69) is 5.32 Å². The van der Waals surface area contributed by atoms with Crippen LogP contribution in [-0.4, -0.2) is 56.6 Å². The monoisotopic (exact) mass is 470 g/mol. The molecule has 0 aliphatic carbocycles. The molecule has 33 heavy (non-hydrogen) atoms. The minimum absolute atomic E-state index is 0.0362. The summed E-state index contributed by atoms with van der Waals surface area (Å²) in [5, 5.41) is 21.9. The zero-order chi connectivity index (χ0) is 24.2. The zero-order valence-electron chi connectivity index (χ0n) is 18.1. The minimum Gasteiger partial charge on any atom is -0.493 e. The second-order valence-electron chi connectivity index (χ2n) is 6.46. The summed E-state index contributed by atoms with van der Waals surface area (Å²) in [5.41, 5.74) is 0.0836. The number of thiophene rings is 1. The maximum atomic E-state index is 12.8. The van der Waals surface area contributed by atoms with Crippen LogP contribution in [0.5, 0.6) is 11.5 Å². The molecule has 1 N–H and O–H groups in total. The van der Waals surface area contributed by atoms with Crippen LogP contribution in [0, 0.1) is 22.7 Å². The van der Waals surface area contributed by atoms with Crippen LogP contribution in [0.15, 0.2) is 29.6 Å². The predicted molar refractivity (Wildman–Crippen MR) is 119 cm³/mol. The molecule has 0 saturated heterocycles. The quantitative estimate of drug-likeness (QED) is 0.494. The van der Waals surface area contributed by atoms with Crippen molar-refractivity contribution in [3.05, 3.63) is 40.1 Å². The Balaban J connectivity index is 2.22. The fourth-order valence-electron chi connectivity index (χ4n) is 2.77. The first kappa shape index (κ1) is 25.2. The van der Waals surface area contributed by atoms with Crippen molar-refractivity contribution in [2.45, 2.75) is 12.8 Å². The van der Waals surface area contributed by atoms with Gasteiger partial charge in [0.1, 0.15) is 0 Å². The van der Waals surface area contributed by atoms with Crippen molar-refractivity contribution in [1.82, 2.24) is 4.90 Å². The van der Waals surface area contributed by atoms with E-state index in [0.29, 0.717) is 4.88 Å². The van der Waals surface area contributed by atoms with Crippen molar-refractivity contribution in [3.8, 4) is 23.6 Å². The molecule has 1 heterocycles. The smallest absolute Gasteiger partial charge is 0.340 e. The molecule has 2 aromatic rings. The first-order valence-electron chi connectivity index (χ1n) is 9.74. The Hall–Kier alpha value is -4.09. The molecule has 0 spiro atoms. The number of carbonyl (C=O) groups excluding carboxylic acids is 3. The number of nitriles is 2. The van der Waals surface area contributed by atoms with Crippen LogP contribution >= 0.6 is 11.3 Å². The number of hydrogen-bond acceptors (Lipinski definition) is 9. The summed E-state index contributed by atoms with van der Waals surface area (Å²) in [4.78, 5) is 39.5. The molecule has 0 radical (unpaired) electrons. The van der Waals surface area contributed by atoms with Crippen LogP contribution in [0.3, 0.4) is 0 Å². The van der Waals surface area contributed by atoms with E-state index in [-0.39, 0.29) is 48.7 Å². The van der Waals surface area contributed by atoms with Gasteiger partial charge in [0.2, 0.25) is 0 Å². The molecule has 0 aliphatic heterocycles. The number of nitrogens with one attached hydrogen (secondary N) is 1. The number of nitrogens with zero attached hydrogens (tertiary/aromatic N) is 3. The van der Waals surface area contributed by atoms with E-state index in [1.807, 2.05) is 12.1 Å². The number of ether oxygens (including phenoxy) is 3. The molecule has 0 saturated carbocycles. The Morgan fingerprint density at radius 3 is 2.24 bits per heavy atom. The van der Waals surface area contributed by atoms with Crippen LogP contribution in [0.4, 0.5) is 5.69 Å². The molecule has 10 nitrogen and oxygen atoms in total. The molecule has 0 unspecified atom stereocenters. The summed E-state index contributed by atoms with van der Waals surface area (Å²) in [6.07, 6.45) is 0.166. The van der Waals surface area contributed by atoms with Gasteiger partial charge in [-0.1, -0.05) is 6.07 Å². The Kier molecular flexibility index (Phi) is 9.68. The van der Waals surface area contributed by atoms with Crippen molar-refractivity contribution < 1.29 is 28.6 Å². The van der Waals surface area contributed by atoms with E-state index in [0.717, 1.165) is 0 Å². The molecule has 0 atom stereocenters. The summed E-state index contributed by atoms with van der Waals surface area (Å²) < 4.78 is 15.7. The molecular weight excluding hydrogens is 448 g/mol. The Labute approximate surface area is 194 Å². The molecule has 11 heteroatoms. The van der Waals surface area contributed by atoms with E-state index in [1.165, 1.54) is 42.6 Å². The first-order valence-corrected chi connectivity index (χ1v) is 10.6. The van der Waals surface area contributed by atoms with Crippen LogP contribution in [0.25, 0.3) is 0 Å². The highest BCUT2D eigenvalue weighted by Gasteiger charge is 2.22. The number of hydrogen-bond donors (Lipinski definition) is 1. The topological polar surface area (TPSA) is 142 Å². The maximum Gasteiger partial charge on any atom is 0.340 e. The van der Waals surface area contributed by atoms with Crippen LogP contribution < -0.4 is 14.8 Å². The number of carbonyl (C=O) groups is 3. The van der Waals surface area contributed by atoms with Gasteiger partial charge in [-0.25, -0.2) is 4.79 Å². The Bertz CT molecular complexity index is 1050. The van der Waals surface area contributed by atoms with Crippen molar-refractivity contribution in [2.75, 3.05) is 39.2 Å². The third-order valence-corrected chi connectivity index (χ3v) is 5.27. The average molecular weight is 471 g/mol. The van der Waals surface area contributed by atoms with Crippen molar-refractivity contribution in [3.63, 3.8) is 0 Å². The standard InChI is InChI=1S/C22H22N4O6S/c1-30-17-12-15(16(13-18(17)31-2)25-21(28)19-6-3-11-33-19)22(29)32-14-20(27)26(9-4-7-23)10-5-8-24/h3,6,11-13H,4-5,9-10,14H2,1-2H3,(H,25,28). The number of rotatable bonds is 11. The molecule has 2 rings (SSSR count). The van der Waals surface area contributed by atoms with Gasteiger partial charge in [0.15, 0.2) is 18.1 Å². The lowest BCUT2D eigenvalue weighted by Gasteiger charge is -2.20. The highest BCUT2D eigenvalue weighted by atomic mass is 32.1. The van der Waals surface area contributed by atoms with Crippen LogP contribution in [0.2, 0.25) is 0 Å². The Morgan fingerprint density at radius 2 is 1.70 bits per heavy atom. The number of anilines is 1. The van der Waals surface area contributed by atoms with Gasteiger partial charge in [-0.15, -0.1) is 11.3 Å². The molecule has 0 aliphatic rings. The fraction of sp³-hybridized carbons (Fsp3) is 0.318. The zero-order valence-corrected chi connectivity index (χ0v) is 18.9. The van der Waals surface area contributed by atoms with Crippen molar-refractivity contribution in [2.24, 2.45) is 0 Å². The largest absolute Gasteiger partial charge is 0.493 e. The van der Waals surface area contributed by atoms with Crippen LogP contribution in [-0.2, 0) is 9.53 Å². The first-order chi connectivity index (χ1) is 15.9. The highest BCUT2D eigenvalue weighted by Crippen LogP contribution is 2.34. The molecule has 1 aromatic heterocycles. The predicted octanol–water partition coefficient (Wildman–Crippen LogP) is 2.83. The van der Waals surface area contributed by atoms with E-state index in [9.17, 15) is 14.4 Å². The van der Waals surface area contributed by atoms with Gasteiger partial charge >= 0.3 is 5.97 Å². The van der Waals surface area contributed by atoms with Gasteiger partial charge in [0.25, 0.3) is 11.8 Å². The average Bonchev–Trinajstić information content (AvgIpc) is 3.37. The van der Waals surface area contributed by atoms with E-state index in [4.69, 9.17) is 24.7 Å². The summed E-state index contributed by atoms with van der Waals surface area (Å²) in [6, 6.07) is 9.99. The SMILES string of the molecule is COc1cc(NC(=O)c2cccs2)c(C(=O)OCC(=O)N(CCC#N)CCC#N)cc1OC. The molecule has 2 amide bonds. The lowest BCUT2D eigenvalue weighted by atomic mass is 10.1. The van der Waals surface area contributed by atoms with Gasteiger partial charge in [-0.2, -0.15) is 10.5 Å². The van der Waals surface area contributed by atoms with Crippen molar-refractivity contribution in [1.29, 1.82) is 10.5 Å². The van der Waals surface area contributed by atoms with Gasteiger partial charge < -0.3 is 24.4 Å². The van der Waals surface area contributed by atoms with E-state index in [1.54, 1.807) is 17.5 Å². The molecular formula is C22H22N4O6S. The van der Waals surface area contributed by atoms with E-state index >= 15 is 0 Å². The second-order valence-corrected chi connectivity index (χ2v) is 7.41. The number of amides is 2. The van der Waals surface area contributed by atoms with Gasteiger partial charge in [-0.05, 0) is 11.4 Å². The Morgan fingerprint density at radius 1 is 1.06 bits per heavy atom. The van der Waals surface area contributed by atoms with Gasteiger partial charge in [0.05, 0.1) is 55.3 Å². The lowest BCUT2D eigenvalue weighted by Crippen LogP contribution is -2.36. The molecule has 172 valence electrons. The lowest BCUT2D eigenvalue weighted by molar-refractivity contribution is -0.134. The number of esters is 1. The van der Waals surface area contributed by atoms with Crippen LogP contribution in [0.1, 0.15) is 32.9 Å². The van der Waals surface area contributed by atoms with E-state index < -0.39 is 24.4 Å². The second kappa shape index (κ2) is 12.7. The normalized spacial score (nSPS) is 9.82. The summed E-state index contributed by atoms with van der Waals surface area (Å²) in [7, 11) is 2.80. The molecule has 1 aromatic carbocycles. The van der Waals surface area contributed by atoms with Gasteiger partial charge in [0, 0.05) is 25.2 Å². The third-order valence-electron chi connectivity index (χ3n) is 4.40. The summed E-state index contributed by atoms with van der Waals surface area (Å²) in [5.74, 6) is -1.33. The van der Waals surface area contributed by atoms with Crippen molar-refractivity contribution >= 4 is 34.8 Å². The molecule has 0 fully saturated rings. The summed E-state index contributed by atoms with van der Waals surface area (Å²) in [6.45, 7) is -0.359.